The minimum absolute atomic E-state index is 0.0132. The third-order valence-electron chi connectivity index (χ3n) is 7.17. The van der Waals surface area contributed by atoms with E-state index in [-0.39, 0.29) is 42.1 Å². The summed E-state index contributed by atoms with van der Waals surface area (Å²) in [5.41, 5.74) is 1.56. The first-order chi connectivity index (χ1) is 18.5. The number of aromatic nitrogens is 1. The summed E-state index contributed by atoms with van der Waals surface area (Å²) in [6, 6.07) is 6.44. The van der Waals surface area contributed by atoms with Gasteiger partial charge in [0, 0.05) is 75.9 Å². The average molecular weight is 587 g/mol. The van der Waals surface area contributed by atoms with Crippen LogP contribution in [0, 0.1) is 12.3 Å². The lowest BCUT2D eigenvalue weighted by Crippen LogP contribution is -2.57. The number of hydrogen-bond donors (Lipinski definition) is 0. The number of terminal acetylenes is 1. The second kappa shape index (κ2) is 10.6. The Morgan fingerprint density at radius 1 is 1.13 bits per heavy atom. The summed E-state index contributed by atoms with van der Waals surface area (Å²) in [5, 5.41) is 5.28. The Kier molecular flexibility index (Phi) is 7.53. The molecular weight excluding hydrogens is 557 g/mol. The molecule has 0 radical (unpaired) electrons. The van der Waals surface area contributed by atoms with E-state index >= 15 is 0 Å². The lowest BCUT2D eigenvalue weighted by atomic mass is 10.1. The first-order valence-corrected chi connectivity index (χ1v) is 15.5. The van der Waals surface area contributed by atoms with Gasteiger partial charge >= 0.3 is 0 Å². The molecule has 1 unspecified atom stereocenters. The molecule has 2 aliphatic heterocycles. The Balaban J connectivity index is 1.41. The van der Waals surface area contributed by atoms with Crippen LogP contribution in [0.3, 0.4) is 0 Å². The van der Waals surface area contributed by atoms with Gasteiger partial charge < -0.3 is 9.80 Å². The number of piperazine rings is 1. The molecule has 2 amide bonds. The standard InChI is InChI=1S/C26H30N6O4S3/c1-6-17-7-8-18-12-24(37-21(18)11-17)39(35,36)31-9-10-32(19(14-31)13-23(33)28(2)3)26(34)25-27-20-15-29(4)30(5)16-22(20)38-25/h1,7-8,11-12,19H,9-10,13-16H2,2-5H3. The van der Waals surface area contributed by atoms with Crippen LogP contribution in [0.2, 0.25) is 0 Å². The maximum absolute atomic E-state index is 13.7. The lowest BCUT2D eigenvalue weighted by molar-refractivity contribution is -0.130. The van der Waals surface area contributed by atoms with Gasteiger partial charge in [0.2, 0.25) is 5.91 Å². The number of hydrogen-bond acceptors (Lipinski definition) is 9. The Hall–Kier alpha value is -2.86. The molecule has 0 saturated carbocycles. The first kappa shape index (κ1) is 27.7. The van der Waals surface area contributed by atoms with Gasteiger partial charge in [0.15, 0.2) is 5.01 Å². The number of thiophene rings is 1. The molecule has 0 N–H and O–H groups in total. The number of amides is 2. The predicted molar refractivity (Wildman–Crippen MR) is 152 cm³/mol. The van der Waals surface area contributed by atoms with E-state index in [2.05, 4.69) is 15.9 Å². The van der Waals surface area contributed by atoms with Gasteiger partial charge in [-0.2, -0.15) is 4.31 Å². The summed E-state index contributed by atoms with van der Waals surface area (Å²) in [7, 11) is 3.40. The number of fused-ring (bicyclic) bond motifs is 2. The summed E-state index contributed by atoms with van der Waals surface area (Å²) in [5.74, 6) is 2.13. The highest BCUT2D eigenvalue weighted by atomic mass is 32.2. The van der Waals surface area contributed by atoms with E-state index in [4.69, 9.17) is 6.42 Å². The minimum atomic E-state index is -3.85. The molecule has 1 atom stereocenters. The molecule has 2 aliphatic rings. The molecule has 206 valence electrons. The summed E-state index contributed by atoms with van der Waals surface area (Å²) in [4.78, 5) is 35.2. The van der Waals surface area contributed by atoms with E-state index < -0.39 is 16.1 Å². The van der Waals surface area contributed by atoms with Gasteiger partial charge in [-0.1, -0.05) is 12.0 Å². The van der Waals surface area contributed by atoms with E-state index in [9.17, 15) is 18.0 Å². The maximum Gasteiger partial charge on any atom is 0.283 e. The molecule has 13 heteroatoms. The summed E-state index contributed by atoms with van der Waals surface area (Å²) < 4.78 is 29.8. The second-order valence-corrected chi connectivity index (χ2v) is 14.3. The monoisotopic (exact) mass is 586 g/mol. The number of sulfonamides is 1. The minimum Gasteiger partial charge on any atom is -0.349 e. The van der Waals surface area contributed by atoms with E-state index in [0.717, 1.165) is 20.7 Å². The highest BCUT2D eigenvalue weighted by Crippen LogP contribution is 2.33. The number of thiazole rings is 1. The molecule has 0 bridgehead atoms. The first-order valence-electron chi connectivity index (χ1n) is 12.4. The molecule has 1 saturated heterocycles. The van der Waals surface area contributed by atoms with Crippen molar-refractivity contribution in [3.05, 3.63) is 45.4 Å². The fraction of sp³-hybridized carbons (Fsp3) is 0.423. The number of carbonyl (C=O) groups is 2. The van der Waals surface area contributed by atoms with Crippen LogP contribution in [0.4, 0.5) is 0 Å². The molecule has 10 nitrogen and oxygen atoms in total. The molecule has 3 aromatic rings. The van der Waals surface area contributed by atoms with Crippen molar-refractivity contribution in [2.45, 2.75) is 29.8 Å². The Bertz CT molecular complexity index is 1560. The SMILES string of the molecule is C#Cc1ccc2cc(S(=O)(=O)N3CCN(C(=O)c4nc5c(s4)CN(C)N(C)C5)C(CC(=O)N(C)C)C3)sc2c1. The topological polar surface area (TPSA) is 97.4 Å². The van der Waals surface area contributed by atoms with Crippen LogP contribution in [0.25, 0.3) is 10.1 Å². The van der Waals surface area contributed by atoms with Crippen LogP contribution in [0.5, 0.6) is 0 Å². The van der Waals surface area contributed by atoms with Gasteiger partial charge in [-0.15, -0.1) is 29.1 Å². The largest absolute Gasteiger partial charge is 0.349 e. The van der Waals surface area contributed by atoms with Crippen LogP contribution in [-0.4, -0.2) is 103 Å². The molecule has 4 heterocycles. The number of rotatable bonds is 5. The van der Waals surface area contributed by atoms with Gasteiger partial charge in [0.1, 0.15) is 4.21 Å². The maximum atomic E-state index is 13.7. The molecule has 2 aromatic heterocycles. The molecular formula is C26H30N6O4S3. The lowest BCUT2D eigenvalue weighted by Gasteiger charge is -2.40. The Morgan fingerprint density at radius 2 is 1.87 bits per heavy atom. The number of nitrogens with zero attached hydrogens (tertiary/aromatic N) is 6. The summed E-state index contributed by atoms with van der Waals surface area (Å²) in [6.07, 6.45) is 5.52. The van der Waals surface area contributed by atoms with Crippen molar-refractivity contribution in [3.63, 3.8) is 0 Å². The molecule has 0 spiro atoms. The predicted octanol–water partition coefficient (Wildman–Crippen LogP) is 2.12. The van der Waals surface area contributed by atoms with E-state index in [1.165, 1.54) is 31.9 Å². The third-order valence-corrected chi connectivity index (χ3v) is 11.7. The summed E-state index contributed by atoms with van der Waals surface area (Å²) in [6.45, 7) is 1.60. The second-order valence-electron chi connectivity index (χ2n) is 9.99. The zero-order valence-electron chi connectivity index (χ0n) is 22.2. The zero-order valence-corrected chi connectivity index (χ0v) is 24.7. The van der Waals surface area contributed by atoms with E-state index in [1.807, 2.05) is 25.2 Å². The van der Waals surface area contributed by atoms with Gasteiger partial charge in [-0.25, -0.2) is 23.4 Å². The molecule has 1 aromatic carbocycles. The van der Waals surface area contributed by atoms with Crippen molar-refractivity contribution in [1.29, 1.82) is 0 Å². The molecule has 1 fully saturated rings. The van der Waals surface area contributed by atoms with Crippen LogP contribution >= 0.6 is 22.7 Å². The molecule has 5 rings (SSSR count). The smallest absolute Gasteiger partial charge is 0.283 e. The summed E-state index contributed by atoms with van der Waals surface area (Å²) >= 11 is 2.54. The van der Waals surface area contributed by atoms with Crippen LogP contribution in [-0.2, 0) is 27.9 Å². The van der Waals surface area contributed by atoms with Gasteiger partial charge in [0.05, 0.1) is 18.3 Å². The van der Waals surface area contributed by atoms with Crippen LogP contribution in [0.1, 0.15) is 32.4 Å². The molecule has 39 heavy (non-hydrogen) atoms. The fourth-order valence-corrected chi connectivity index (χ4v) is 8.87. The fourth-order valence-electron chi connectivity index (χ4n) is 4.73. The average Bonchev–Trinajstić information content (AvgIpc) is 3.52. The highest BCUT2D eigenvalue weighted by molar-refractivity contribution is 7.91. The van der Waals surface area contributed by atoms with Crippen molar-refractivity contribution in [3.8, 4) is 12.3 Å². The third kappa shape index (κ3) is 5.32. The van der Waals surface area contributed by atoms with Crippen LogP contribution in [0.15, 0.2) is 28.5 Å². The van der Waals surface area contributed by atoms with Gasteiger partial charge in [0.25, 0.3) is 15.9 Å². The quantitative estimate of drug-likeness (QED) is 0.423. The zero-order chi connectivity index (χ0) is 28.1. The van der Waals surface area contributed by atoms with E-state index in [1.54, 1.807) is 37.2 Å². The van der Waals surface area contributed by atoms with Crippen molar-refractivity contribution in [2.75, 3.05) is 47.8 Å². The van der Waals surface area contributed by atoms with Gasteiger partial charge in [-0.3, -0.25) is 9.59 Å². The normalized spacial score (nSPS) is 19.2. The van der Waals surface area contributed by atoms with Crippen LogP contribution < -0.4 is 0 Å². The Labute approximate surface area is 236 Å². The number of benzene rings is 1. The number of carbonyl (C=O) groups excluding carboxylic acids is 2. The van der Waals surface area contributed by atoms with E-state index in [0.29, 0.717) is 23.7 Å². The van der Waals surface area contributed by atoms with Crippen molar-refractivity contribution < 1.29 is 18.0 Å². The van der Waals surface area contributed by atoms with Crippen molar-refractivity contribution >= 4 is 54.6 Å². The number of hydrazine groups is 1. The van der Waals surface area contributed by atoms with Crippen molar-refractivity contribution in [2.24, 2.45) is 0 Å². The van der Waals surface area contributed by atoms with Crippen molar-refractivity contribution in [1.82, 2.24) is 29.1 Å². The Morgan fingerprint density at radius 3 is 2.59 bits per heavy atom. The molecule has 0 aliphatic carbocycles. The highest BCUT2D eigenvalue weighted by Gasteiger charge is 2.39. The van der Waals surface area contributed by atoms with Gasteiger partial charge in [-0.05, 0) is 23.6 Å².